The largest absolute Gasteiger partial charge is 0.367 e. The quantitative estimate of drug-likeness (QED) is 0.529. The molecule has 5 rings (SSSR count). The summed E-state index contributed by atoms with van der Waals surface area (Å²) in [6, 6.07) is 9.90. The molecule has 0 unspecified atom stereocenters. The van der Waals surface area contributed by atoms with Gasteiger partial charge < -0.3 is 9.80 Å². The van der Waals surface area contributed by atoms with Gasteiger partial charge in [-0.1, -0.05) is 18.2 Å². The van der Waals surface area contributed by atoms with Crippen LogP contribution in [0.15, 0.2) is 53.4 Å². The van der Waals surface area contributed by atoms with Crippen LogP contribution in [0.4, 0.5) is 28.9 Å². The van der Waals surface area contributed by atoms with Gasteiger partial charge in [0.25, 0.3) is 0 Å². The summed E-state index contributed by atoms with van der Waals surface area (Å²) in [6.45, 7) is 1.94. The molecule has 36 heavy (non-hydrogen) atoms. The molecule has 11 heteroatoms. The monoisotopic (exact) mass is 519 g/mol. The Labute approximate surface area is 205 Å². The van der Waals surface area contributed by atoms with E-state index in [0.29, 0.717) is 12.0 Å². The van der Waals surface area contributed by atoms with Crippen molar-refractivity contribution in [2.45, 2.75) is 24.3 Å². The molecule has 2 aliphatic heterocycles. The van der Waals surface area contributed by atoms with Gasteiger partial charge in [-0.15, -0.1) is 0 Å². The smallest absolute Gasteiger partial charge is 0.241 e. The molecule has 1 atom stereocenters. The number of rotatable bonds is 4. The second kappa shape index (κ2) is 8.59. The fourth-order valence-electron chi connectivity index (χ4n) is 4.87. The van der Waals surface area contributed by atoms with Gasteiger partial charge in [0.2, 0.25) is 15.9 Å². The molecule has 6 nitrogen and oxygen atoms in total. The van der Waals surface area contributed by atoms with E-state index in [1.165, 1.54) is 40.1 Å². The lowest BCUT2D eigenvalue weighted by Gasteiger charge is -2.42. The van der Waals surface area contributed by atoms with Crippen LogP contribution in [0, 0.1) is 29.2 Å². The molecule has 1 amide bonds. The van der Waals surface area contributed by atoms with Crippen LogP contribution in [-0.2, 0) is 21.2 Å². The van der Waals surface area contributed by atoms with Crippen molar-refractivity contribution >= 4 is 27.3 Å². The minimum absolute atomic E-state index is 0.0508. The van der Waals surface area contributed by atoms with Gasteiger partial charge in [-0.2, -0.15) is 0 Å². The molecule has 0 radical (unpaired) electrons. The molecule has 0 aromatic heterocycles. The Morgan fingerprint density at radius 2 is 1.61 bits per heavy atom. The van der Waals surface area contributed by atoms with Crippen molar-refractivity contribution < 1.29 is 30.8 Å². The van der Waals surface area contributed by atoms with Gasteiger partial charge in [0.05, 0.1) is 11.6 Å². The number of benzene rings is 3. The van der Waals surface area contributed by atoms with Crippen molar-refractivity contribution in [1.82, 2.24) is 0 Å². The molecule has 0 bridgehead atoms. The number of carbonyl (C=O) groups is 1. The fraction of sp³-hybridized carbons (Fsp3) is 0.240. The van der Waals surface area contributed by atoms with Gasteiger partial charge in [-0.25, -0.2) is 31.1 Å². The van der Waals surface area contributed by atoms with E-state index in [0.717, 1.165) is 18.2 Å². The zero-order chi connectivity index (χ0) is 25.9. The minimum Gasteiger partial charge on any atom is -0.367 e. The fourth-order valence-corrected chi connectivity index (χ4v) is 5.48. The molecule has 2 aliphatic rings. The van der Waals surface area contributed by atoms with Crippen LogP contribution in [0.5, 0.6) is 0 Å². The molecule has 0 spiro atoms. The summed E-state index contributed by atoms with van der Waals surface area (Å²) in [5, 5.41) is 5.11. The number of carbonyl (C=O) groups excluding carboxylic acids is 1. The Hall–Kier alpha value is -3.44. The van der Waals surface area contributed by atoms with Gasteiger partial charge in [0.15, 0.2) is 11.6 Å². The molecule has 2 heterocycles. The van der Waals surface area contributed by atoms with Gasteiger partial charge in [0.1, 0.15) is 16.5 Å². The van der Waals surface area contributed by atoms with Gasteiger partial charge in [-0.3, -0.25) is 4.79 Å². The number of primary sulfonamides is 1. The third kappa shape index (κ3) is 3.92. The number of hydrogen-bond acceptors (Lipinski definition) is 4. The molecule has 2 N–H and O–H groups in total. The van der Waals surface area contributed by atoms with E-state index in [9.17, 15) is 30.8 Å². The standard InChI is InChI=1S/C25H21F4N3O3S/c1-13-8-14-9-19(27)22(36(30,34)35)10-21(14)32(13)25(33)15-11-31(12-15)20-7-6-17(23(28)24(20)29)16-4-2-3-5-18(16)26/h2-7,9-10,13,15H,8,11-12H2,1H3,(H2,30,34,35)/t13-/m1/s1. The SMILES string of the molecule is C[C@@H]1Cc2cc(F)c(S(N)(=O)=O)cc2N1C(=O)C1CN(c2ccc(-c3ccccc3F)c(F)c2F)C1. The zero-order valence-electron chi connectivity index (χ0n) is 19.0. The summed E-state index contributed by atoms with van der Waals surface area (Å²) in [7, 11) is -4.34. The maximum Gasteiger partial charge on any atom is 0.241 e. The van der Waals surface area contributed by atoms with Gasteiger partial charge >= 0.3 is 0 Å². The van der Waals surface area contributed by atoms with E-state index in [2.05, 4.69) is 0 Å². The second-order valence-electron chi connectivity index (χ2n) is 9.06. The van der Waals surface area contributed by atoms with Crippen molar-refractivity contribution in [3.05, 3.63) is 77.4 Å². The zero-order valence-corrected chi connectivity index (χ0v) is 19.8. The van der Waals surface area contributed by atoms with Crippen molar-refractivity contribution in [1.29, 1.82) is 0 Å². The Bertz CT molecular complexity index is 1510. The van der Waals surface area contributed by atoms with E-state index in [4.69, 9.17) is 5.14 Å². The maximum absolute atomic E-state index is 14.9. The summed E-state index contributed by atoms with van der Waals surface area (Å²) >= 11 is 0. The lowest BCUT2D eigenvalue weighted by molar-refractivity contribution is -0.123. The third-order valence-corrected chi connectivity index (χ3v) is 7.62. The molecule has 3 aromatic carbocycles. The summed E-state index contributed by atoms with van der Waals surface area (Å²) in [5.74, 6) is -4.90. The molecule has 1 fully saturated rings. The predicted molar refractivity (Wildman–Crippen MR) is 126 cm³/mol. The summed E-state index contributed by atoms with van der Waals surface area (Å²) in [4.78, 5) is 15.5. The van der Waals surface area contributed by atoms with E-state index in [1.807, 2.05) is 0 Å². The molecule has 3 aromatic rings. The molecule has 1 saturated heterocycles. The minimum atomic E-state index is -4.34. The maximum atomic E-state index is 14.9. The van der Waals surface area contributed by atoms with Crippen LogP contribution in [0.2, 0.25) is 0 Å². The predicted octanol–water partition coefficient (Wildman–Crippen LogP) is 3.97. The summed E-state index contributed by atoms with van der Waals surface area (Å²) < 4.78 is 81.5. The number of halogens is 4. The number of anilines is 2. The van der Waals surface area contributed by atoms with Crippen LogP contribution >= 0.6 is 0 Å². The van der Waals surface area contributed by atoms with Crippen molar-refractivity contribution in [2.75, 3.05) is 22.9 Å². The Kier molecular flexibility index (Phi) is 5.79. The van der Waals surface area contributed by atoms with Crippen LogP contribution < -0.4 is 14.9 Å². The number of fused-ring (bicyclic) bond motifs is 1. The highest BCUT2D eigenvalue weighted by Crippen LogP contribution is 2.39. The highest BCUT2D eigenvalue weighted by Gasteiger charge is 2.42. The van der Waals surface area contributed by atoms with Crippen molar-refractivity contribution in [2.24, 2.45) is 11.1 Å². The number of nitrogens with zero attached hydrogens (tertiary/aromatic N) is 2. The molecule has 0 saturated carbocycles. The first kappa shape index (κ1) is 24.3. The molecule has 188 valence electrons. The number of sulfonamides is 1. The average Bonchev–Trinajstić information content (AvgIpc) is 3.09. The lowest BCUT2D eigenvalue weighted by atomic mass is 9.95. The molecular formula is C25H21F4N3O3S. The van der Waals surface area contributed by atoms with E-state index >= 15 is 0 Å². The summed E-state index contributed by atoms with van der Waals surface area (Å²) in [5.41, 5.74) is 0.429. The van der Waals surface area contributed by atoms with Crippen LogP contribution in [-0.4, -0.2) is 33.5 Å². The molecular weight excluding hydrogens is 498 g/mol. The normalized spacial score (nSPS) is 17.8. The highest BCUT2D eigenvalue weighted by molar-refractivity contribution is 7.89. The lowest BCUT2D eigenvalue weighted by Crippen LogP contribution is -2.56. The van der Waals surface area contributed by atoms with Crippen LogP contribution in [0.3, 0.4) is 0 Å². The van der Waals surface area contributed by atoms with Gasteiger partial charge in [-0.05, 0) is 49.2 Å². The Morgan fingerprint density at radius 1 is 0.917 bits per heavy atom. The van der Waals surface area contributed by atoms with E-state index in [1.54, 1.807) is 6.92 Å². The second-order valence-corrected chi connectivity index (χ2v) is 10.6. The van der Waals surface area contributed by atoms with E-state index < -0.39 is 44.1 Å². The third-order valence-electron chi connectivity index (χ3n) is 6.69. The number of nitrogens with two attached hydrogens (primary N) is 1. The van der Waals surface area contributed by atoms with Crippen LogP contribution in [0.25, 0.3) is 11.1 Å². The summed E-state index contributed by atoms with van der Waals surface area (Å²) in [6.07, 6.45) is 0.330. The Morgan fingerprint density at radius 3 is 2.28 bits per heavy atom. The number of hydrogen-bond donors (Lipinski definition) is 1. The van der Waals surface area contributed by atoms with E-state index in [-0.39, 0.29) is 47.5 Å². The molecule has 0 aliphatic carbocycles. The highest BCUT2D eigenvalue weighted by atomic mass is 32.2. The Balaban J connectivity index is 1.36. The van der Waals surface area contributed by atoms with Crippen LogP contribution in [0.1, 0.15) is 12.5 Å². The first-order valence-corrected chi connectivity index (χ1v) is 12.7. The first-order valence-electron chi connectivity index (χ1n) is 11.1. The number of amides is 1. The van der Waals surface area contributed by atoms with Gasteiger partial charge in [0, 0.05) is 35.9 Å². The average molecular weight is 520 g/mol. The van der Waals surface area contributed by atoms with Crippen molar-refractivity contribution in [3.63, 3.8) is 0 Å². The van der Waals surface area contributed by atoms with Crippen molar-refractivity contribution in [3.8, 4) is 11.1 Å². The first-order chi connectivity index (χ1) is 17.0. The topological polar surface area (TPSA) is 83.7 Å².